The molecule has 3 aromatic carbocycles. The predicted molar refractivity (Wildman–Crippen MR) is 153 cm³/mol. The van der Waals surface area contributed by atoms with Crippen LogP contribution in [0.2, 0.25) is 0 Å². The Morgan fingerprint density at radius 3 is 2.44 bits per heavy atom. The summed E-state index contributed by atoms with van der Waals surface area (Å²) < 4.78 is 7.24. The molecule has 1 aliphatic rings. The molecule has 1 amide bonds. The largest absolute Gasteiger partial charge is 0.497 e. The van der Waals surface area contributed by atoms with Crippen LogP contribution >= 0.6 is 0 Å². The van der Waals surface area contributed by atoms with Crippen molar-refractivity contribution in [3.63, 3.8) is 0 Å². The molecular formula is C32H31N5O2. The Kier molecular flexibility index (Phi) is 6.95. The maximum atomic E-state index is 12.8. The highest BCUT2D eigenvalue weighted by molar-refractivity contribution is 5.90. The lowest BCUT2D eigenvalue weighted by Crippen LogP contribution is -2.31. The molecule has 0 aliphatic carbocycles. The van der Waals surface area contributed by atoms with Crippen molar-refractivity contribution < 1.29 is 9.53 Å². The molecule has 5 aromatic rings. The second-order valence-corrected chi connectivity index (χ2v) is 9.86. The van der Waals surface area contributed by atoms with Gasteiger partial charge >= 0.3 is 0 Å². The number of nitrogens with one attached hydrogen (secondary N) is 1. The van der Waals surface area contributed by atoms with Gasteiger partial charge < -0.3 is 15.0 Å². The average Bonchev–Trinajstić information content (AvgIpc) is 3.35. The number of carbonyl (C=O) groups excluding carboxylic acids is 1. The van der Waals surface area contributed by atoms with Gasteiger partial charge in [-0.1, -0.05) is 54.6 Å². The summed E-state index contributed by atoms with van der Waals surface area (Å²) in [5.41, 5.74) is 5.88. The van der Waals surface area contributed by atoms with E-state index in [4.69, 9.17) is 4.74 Å². The van der Waals surface area contributed by atoms with Crippen LogP contribution in [-0.2, 0) is 30.6 Å². The van der Waals surface area contributed by atoms with Gasteiger partial charge in [-0.05, 0) is 65.4 Å². The normalized spacial score (nSPS) is 12.8. The van der Waals surface area contributed by atoms with E-state index in [-0.39, 0.29) is 5.91 Å². The van der Waals surface area contributed by atoms with Crippen molar-refractivity contribution in [2.75, 3.05) is 25.1 Å². The monoisotopic (exact) mass is 517 g/mol. The third-order valence-corrected chi connectivity index (χ3v) is 7.38. The van der Waals surface area contributed by atoms with Crippen molar-refractivity contribution in [1.82, 2.24) is 20.1 Å². The first-order valence-electron chi connectivity index (χ1n) is 13.3. The van der Waals surface area contributed by atoms with Crippen LogP contribution in [0.4, 0.5) is 5.82 Å². The Morgan fingerprint density at radius 1 is 0.897 bits per heavy atom. The molecule has 0 unspecified atom stereocenters. The van der Waals surface area contributed by atoms with E-state index in [0.29, 0.717) is 13.0 Å². The van der Waals surface area contributed by atoms with Crippen LogP contribution in [0, 0.1) is 0 Å². The van der Waals surface area contributed by atoms with Gasteiger partial charge in [-0.3, -0.25) is 9.36 Å². The van der Waals surface area contributed by atoms with Crippen LogP contribution in [0.3, 0.4) is 0 Å². The highest BCUT2D eigenvalue weighted by Gasteiger charge is 2.18. The number of fused-ring (bicyclic) bond motifs is 2. The number of carbonyl (C=O) groups is 1. The zero-order valence-electron chi connectivity index (χ0n) is 22.0. The molecule has 0 fully saturated rings. The summed E-state index contributed by atoms with van der Waals surface area (Å²) in [5.74, 6) is 2.44. The number of nitrogens with zero attached hydrogens (tertiary/aromatic N) is 4. The van der Waals surface area contributed by atoms with Crippen molar-refractivity contribution >= 4 is 22.6 Å². The van der Waals surface area contributed by atoms with Crippen LogP contribution in [0.5, 0.6) is 5.75 Å². The van der Waals surface area contributed by atoms with Crippen LogP contribution in [-0.4, -0.2) is 40.9 Å². The van der Waals surface area contributed by atoms with Crippen LogP contribution in [0.25, 0.3) is 16.7 Å². The molecule has 0 radical (unpaired) electrons. The summed E-state index contributed by atoms with van der Waals surface area (Å²) in [6.45, 7) is 2.35. The summed E-state index contributed by atoms with van der Waals surface area (Å²) in [4.78, 5) is 15.1. The molecule has 1 aliphatic heterocycles. The summed E-state index contributed by atoms with van der Waals surface area (Å²) in [6, 6.07) is 28.7. The number of anilines is 1. The highest BCUT2D eigenvalue weighted by atomic mass is 16.5. The Bertz CT molecular complexity index is 1590. The minimum absolute atomic E-state index is 0.00164. The maximum Gasteiger partial charge on any atom is 0.224 e. The number of hydrogen-bond acceptors (Lipinski definition) is 5. The zero-order valence-corrected chi connectivity index (χ0v) is 22.0. The summed E-state index contributed by atoms with van der Waals surface area (Å²) >= 11 is 0. The van der Waals surface area contributed by atoms with E-state index in [1.807, 2.05) is 59.3 Å². The molecule has 0 saturated carbocycles. The fraction of sp³-hybridized carbons (Fsp3) is 0.219. The Hall–Kier alpha value is -4.65. The molecule has 6 rings (SSSR count). The van der Waals surface area contributed by atoms with Gasteiger partial charge in [0.15, 0.2) is 11.6 Å². The van der Waals surface area contributed by atoms with Crippen LogP contribution in [0.1, 0.15) is 22.3 Å². The van der Waals surface area contributed by atoms with Crippen molar-refractivity contribution in [2.45, 2.75) is 25.8 Å². The minimum atomic E-state index is -0.00164. The number of ether oxygens (including phenoxy) is 1. The van der Waals surface area contributed by atoms with E-state index in [1.54, 1.807) is 7.11 Å². The lowest BCUT2D eigenvalue weighted by Gasteiger charge is -2.29. The Balaban J connectivity index is 1.14. The molecule has 7 nitrogen and oxygen atoms in total. The second kappa shape index (κ2) is 11.0. The molecule has 7 heteroatoms. The molecule has 0 saturated heterocycles. The molecule has 196 valence electrons. The molecule has 1 N–H and O–H groups in total. The first-order valence-corrected chi connectivity index (χ1v) is 13.3. The van der Waals surface area contributed by atoms with Gasteiger partial charge in [0.25, 0.3) is 0 Å². The van der Waals surface area contributed by atoms with Gasteiger partial charge in [-0.2, -0.15) is 0 Å². The molecule has 39 heavy (non-hydrogen) atoms. The van der Waals surface area contributed by atoms with E-state index in [1.165, 1.54) is 11.1 Å². The third kappa shape index (κ3) is 5.34. The number of benzene rings is 3. The van der Waals surface area contributed by atoms with Gasteiger partial charge in [-0.15, -0.1) is 10.2 Å². The Morgan fingerprint density at radius 2 is 1.64 bits per heavy atom. The quantitative estimate of drug-likeness (QED) is 0.317. The minimum Gasteiger partial charge on any atom is -0.497 e. The third-order valence-electron chi connectivity index (χ3n) is 7.38. The lowest BCUT2D eigenvalue weighted by molar-refractivity contribution is -0.120. The van der Waals surface area contributed by atoms with E-state index in [9.17, 15) is 4.79 Å². The zero-order chi connectivity index (χ0) is 26.6. The van der Waals surface area contributed by atoms with Gasteiger partial charge in [0.2, 0.25) is 5.91 Å². The topological polar surface area (TPSA) is 72.3 Å². The molecule has 0 spiro atoms. The standard InChI is InChI=1S/C32H31N5O2/c1-39-27-12-10-23(11-13-27)16-18-33-32(38)20-26-22-37(29-9-5-4-8-28(26)29)31-15-14-30(34-35-31)36-19-17-24-6-2-3-7-25(24)21-36/h2-15,22H,16-21H2,1H3,(H,33,38). The molecule has 2 aromatic heterocycles. The van der Waals surface area contributed by atoms with Crippen LogP contribution < -0.4 is 15.0 Å². The van der Waals surface area contributed by atoms with E-state index in [2.05, 4.69) is 56.8 Å². The van der Waals surface area contributed by atoms with Gasteiger partial charge in [0, 0.05) is 31.2 Å². The lowest BCUT2D eigenvalue weighted by atomic mass is 10.00. The first-order chi connectivity index (χ1) is 19.2. The average molecular weight is 518 g/mol. The second-order valence-electron chi connectivity index (χ2n) is 9.86. The fourth-order valence-corrected chi connectivity index (χ4v) is 5.26. The Labute approximate surface area is 228 Å². The first kappa shape index (κ1) is 24.7. The number of methoxy groups -OCH3 is 1. The van der Waals surface area contributed by atoms with E-state index >= 15 is 0 Å². The molecule has 3 heterocycles. The van der Waals surface area contributed by atoms with Crippen molar-refractivity contribution in [2.24, 2.45) is 0 Å². The highest BCUT2D eigenvalue weighted by Crippen LogP contribution is 2.26. The van der Waals surface area contributed by atoms with E-state index in [0.717, 1.165) is 65.3 Å². The smallest absolute Gasteiger partial charge is 0.224 e. The van der Waals surface area contributed by atoms with E-state index < -0.39 is 0 Å². The predicted octanol–water partition coefficient (Wildman–Crippen LogP) is 4.89. The SMILES string of the molecule is COc1ccc(CCNC(=O)Cc2cn(-c3ccc(N4CCc5ccccc5C4)nn3)c3ccccc23)cc1. The van der Waals surface area contributed by atoms with Crippen LogP contribution in [0.15, 0.2) is 91.1 Å². The fourth-order valence-electron chi connectivity index (χ4n) is 5.26. The van der Waals surface area contributed by atoms with Crippen molar-refractivity contribution in [3.05, 3.63) is 113 Å². The summed E-state index contributed by atoms with van der Waals surface area (Å²) in [7, 11) is 1.66. The van der Waals surface area contributed by atoms with Gasteiger partial charge in [0.1, 0.15) is 5.75 Å². The van der Waals surface area contributed by atoms with Gasteiger partial charge in [-0.25, -0.2) is 0 Å². The van der Waals surface area contributed by atoms with Crippen molar-refractivity contribution in [1.29, 1.82) is 0 Å². The summed E-state index contributed by atoms with van der Waals surface area (Å²) in [6.07, 6.45) is 4.08. The molecule has 0 bridgehead atoms. The number of rotatable bonds is 8. The molecular weight excluding hydrogens is 486 g/mol. The summed E-state index contributed by atoms with van der Waals surface area (Å²) in [5, 5.41) is 13.3. The number of hydrogen-bond donors (Lipinski definition) is 1. The number of para-hydroxylation sites is 1. The number of aromatic nitrogens is 3. The van der Waals surface area contributed by atoms with Crippen molar-refractivity contribution in [3.8, 4) is 11.6 Å². The maximum absolute atomic E-state index is 12.8. The van der Waals surface area contributed by atoms with Gasteiger partial charge in [0.05, 0.1) is 19.0 Å². The molecule has 0 atom stereocenters. The number of amides is 1.